The van der Waals surface area contributed by atoms with Crippen LogP contribution in [0.15, 0.2) is 182 Å². The Morgan fingerprint density at radius 2 is 1.04 bits per heavy atom. The zero-order valence-corrected chi connectivity index (χ0v) is 31.9. The zero-order valence-electron chi connectivity index (χ0n) is 31.1. The minimum Gasteiger partial charge on any atom is -0.228 e. The summed E-state index contributed by atoms with van der Waals surface area (Å²) in [5.74, 6) is 0.711. The predicted octanol–water partition coefficient (Wildman–Crippen LogP) is 14.6. The van der Waals surface area contributed by atoms with Crippen molar-refractivity contribution in [2.75, 3.05) is 0 Å². The van der Waals surface area contributed by atoms with Gasteiger partial charge in [-0.25, -0.2) is 9.97 Å². The third-order valence-corrected chi connectivity index (χ3v) is 12.8. The average Bonchev–Trinajstić information content (AvgIpc) is 3.75. The second-order valence-electron chi connectivity index (χ2n) is 15.3. The fourth-order valence-electron chi connectivity index (χ4n) is 8.92. The molecular weight excluding hydrogens is 697 g/mol. The van der Waals surface area contributed by atoms with Crippen molar-refractivity contribution in [2.45, 2.75) is 19.3 Å². The van der Waals surface area contributed by atoms with Gasteiger partial charge in [0.2, 0.25) is 0 Å². The van der Waals surface area contributed by atoms with E-state index in [2.05, 4.69) is 190 Å². The van der Waals surface area contributed by atoms with Gasteiger partial charge in [-0.2, -0.15) is 0 Å². The first-order valence-electron chi connectivity index (χ1n) is 19.2. The summed E-state index contributed by atoms with van der Waals surface area (Å²) in [5.41, 5.74) is 15.1. The Bertz CT molecular complexity index is 3150. The van der Waals surface area contributed by atoms with Crippen LogP contribution in [0.4, 0.5) is 0 Å². The standard InChI is InChI=1S/C53H36N2S/c1-53(2)44-23-12-21-38(50(44)43-30-36-16-6-7-17-37(36)31-45(43)53)33-26-28-34(29-27-33)46-32-47(55-52(54-46)35-14-4-3-5-15-35)40-19-9-8-18-39(40)41-22-13-25-49-51(41)42-20-10-11-24-48(42)56-49/h3-32H,1-2H3. The summed E-state index contributed by atoms with van der Waals surface area (Å²) in [4.78, 5) is 10.5. The molecule has 0 saturated heterocycles. The van der Waals surface area contributed by atoms with Gasteiger partial charge in [0, 0.05) is 42.3 Å². The van der Waals surface area contributed by atoms with Gasteiger partial charge in [0.25, 0.3) is 0 Å². The predicted molar refractivity (Wildman–Crippen MR) is 237 cm³/mol. The van der Waals surface area contributed by atoms with Gasteiger partial charge in [-0.1, -0.05) is 166 Å². The molecule has 0 aliphatic heterocycles. The lowest BCUT2D eigenvalue weighted by Gasteiger charge is -2.22. The smallest absolute Gasteiger partial charge is 0.160 e. The summed E-state index contributed by atoms with van der Waals surface area (Å²) >= 11 is 1.85. The van der Waals surface area contributed by atoms with Gasteiger partial charge in [-0.05, 0) is 85.6 Å². The third kappa shape index (κ3) is 5.16. The lowest BCUT2D eigenvalue weighted by molar-refractivity contribution is 0.661. The topological polar surface area (TPSA) is 25.8 Å². The molecule has 11 rings (SSSR count). The number of fused-ring (bicyclic) bond motifs is 7. The van der Waals surface area contributed by atoms with E-state index < -0.39 is 0 Å². The molecule has 56 heavy (non-hydrogen) atoms. The minimum atomic E-state index is -0.0891. The second-order valence-corrected chi connectivity index (χ2v) is 16.4. The van der Waals surface area contributed by atoms with Crippen molar-refractivity contribution in [1.29, 1.82) is 0 Å². The molecule has 0 spiro atoms. The molecule has 0 atom stereocenters. The normalized spacial score (nSPS) is 13.0. The van der Waals surface area contributed by atoms with E-state index in [1.165, 1.54) is 69.9 Å². The SMILES string of the molecule is CC1(C)c2cc3ccccc3cc2-c2c(-c3ccc(-c4cc(-c5ccccc5-c5cccc6sc7ccccc7c56)nc(-c5ccccc5)n4)cc3)cccc21. The first-order chi connectivity index (χ1) is 27.5. The molecule has 0 fully saturated rings. The van der Waals surface area contributed by atoms with Crippen LogP contribution in [0.3, 0.4) is 0 Å². The van der Waals surface area contributed by atoms with E-state index in [-0.39, 0.29) is 5.41 Å². The van der Waals surface area contributed by atoms with Crippen LogP contribution in [0.2, 0.25) is 0 Å². The van der Waals surface area contributed by atoms with Gasteiger partial charge in [0.1, 0.15) is 0 Å². The lowest BCUT2D eigenvalue weighted by Crippen LogP contribution is -2.14. The number of benzene rings is 8. The number of rotatable bonds is 5. The van der Waals surface area contributed by atoms with E-state index in [1.807, 2.05) is 17.4 Å². The number of hydrogen-bond acceptors (Lipinski definition) is 3. The van der Waals surface area contributed by atoms with E-state index in [0.717, 1.165) is 33.6 Å². The maximum absolute atomic E-state index is 5.27. The van der Waals surface area contributed by atoms with Crippen LogP contribution < -0.4 is 0 Å². The van der Waals surface area contributed by atoms with Crippen LogP contribution in [-0.2, 0) is 5.41 Å². The molecule has 2 nitrogen and oxygen atoms in total. The highest BCUT2D eigenvalue weighted by Gasteiger charge is 2.37. The van der Waals surface area contributed by atoms with Crippen molar-refractivity contribution < 1.29 is 0 Å². The molecule has 1 aliphatic carbocycles. The molecule has 0 radical (unpaired) electrons. The highest BCUT2D eigenvalue weighted by atomic mass is 32.1. The zero-order chi connectivity index (χ0) is 37.4. The number of nitrogens with zero attached hydrogens (tertiary/aromatic N) is 2. The molecule has 0 unspecified atom stereocenters. The van der Waals surface area contributed by atoms with E-state index in [0.29, 0.717) is 5.82 Å². The van der Waals surface area contributed by atoms with Gasteiger partial charge in [0.15, 0.2) is 5.82 Å². The second kappa shape index (κ2) is 12.7. The largest absolute Gasteiger partial charge is 0.228 e. The Morgan fingerprint density at radius 1 is 0.411 bits per heavy atom. The van der Waals surface area contributed by atoms with Crippen LogP contribution >= 0.6 is 11.3 Å². The maximum atomic E-state index is 5.27. The van der Waals surface area contributed by atoms with Crippen LogP contribution in [-0.4, -0.2) is 9.97 Å². The van der Waals surface area contributed by atoms with Gasteiger partial charge in [0.05, 0.1) is 11.4 Å². The molecule has 2 heterocycles. The summed E-state index contributed by atoms with van der Waals surface area (Å²) in [6, 6.07) is 65.8. The minimum absolute atomic E-state index is 0.0891. The Labute approximate surface area is 330 Å². The van der Waals surface area contributed by atoms with Gasteiger partial charge in [-0.3, -0.25) is 0 Å². The molecule has 0 N–H and O–H groups in total. The van der Waals surface area contributed by atoms with Crippen molar-refractivity contribution in [1.82, 2.24) is 9.97 Å². The van der Waals surface area contributed by atoms with Crippen LogP contribution in [0, 0.1) is 0 Å². The van der Waals surface area contributed by atoms with Crippen molar-refractivity contribution >= 4 is 42.3 Å². The summed E-state index contributed by atoms with van der Waals surface area (Å²) in [6.45, 7) is 4.72. The Balaban J connectivity index is 1.05. The van der Waals surface area contributed by atoms with Gasteiger partial charge in [-0.15, -0.1) is 11.3 Å². The fraction of sp³-hybridized carbons (Fsp3) is 0.0566. The molecule has 3 heteroatoms. The summed E-state index contributed by atoms with van der Waals surface area (Å²) in [6.07, 6.45) is 0. The summed E-state index contributed by atoms with van der Waals surface area (Å²) in [5, 5.41) is 5.14. The van der Waals surface area contributed by atoms with Crippen molar-refractivity contribution in [3.63, 3.8) is 0 Å². The third-order valence-electron chi connectivity index (χ3n) is 11.7. The lowest BCUT2D eigenvalue weighted by atomic mass is 9.81. The monoisotopic (exact) mass is 732 g/mol. The number of thiophene rings is 1. The maximum Gasteiger partial charge on any atom is 0.160 e. The molecule has 8 aromatic carbocycles. The Morgan fingerprint density at radius 3 is 1.88 bits per heavy atom. The molecular formula is C53H36N2S. The quantitative estimate of drug-likeness (QED) is 0.176. The molecule has 264 valence electrons. The van der Waals surface area contributed by atoms with Crippen molar-refractivity contribution in [3.05, 3.63) is 193 Å². The number of hydrogen-bond donors (Lipinski definition) is 0. The van der Waals surface area contributed by atoms with Crippen molar-refractivity contribution in [3.8, 4) is 67.3 Å². The Hall–Kier alpha value is -6.68. The fourth-order valence-corrected chi connectivity index (χ4v) is 10.1. The van der Waals surface area contributed by atoms with E-state index in [9.17, 15) is 0 Å². The average molecular weight is 733 g/mol. The Kier molecular flexibility index (Phi) is 7.42. The van der Waals surface area contributed by atoms with Crippen LogP contribution in [0.1, 0.15) is 25.0 Å². The molecule has 0 bridgehead atoms. The van der Waals surface area contributed by atoms with Gasteiger partial charge < -0.3 is 0 Å². The first-order valence-corrected chi connectivity index (χ1v) is 20.1. The molecule has 0 amide bonds. The summed E-state index contributed by atoms with van der Waals surface area (Å²) < 4.78 is 2.59. The van der Waals surface area contributed by atoms with Crippen LogP contribution in [0.5, 0.6) is 0 Å². The molecule has 2 aromatic heterocycles. The van der Waals surface area contributed by atoms with Crippen molar-refractivity contribution in [2.24, 2.45) is 0 Å². The molecule has 10 aromatic rings. The first kappa shape index (κ1) is 32.7. The van der Waals surface area contributed by atoms with E-state index >= 15 is 0 Å². The molecule has 0 saturated carbocycles. The highest BCUT2D eigenvalue weighted by Crippen LogP contribution is 2.53. The van der Waals surface area contributed by atoms with Gasteiger partial charge >= 0.3 is 0 Å². The summed E-state index contributed by atoms with van der Waals surface area (Å²) in [7, 11) is 0. The van der Waals surface area contributed by atoms with E-state index in [4.69, 9.17) is 9.97 Å². The highest BCUT2D eigenvalue weighted by molar-refractivity contribution is 7.25. The molecule has 1 aliphatic rings. The van der Waals surface area contributed by atoms with E-state index in [1.54, 1.807) is 0 Å². The number of aromatic nitrogens is 2. The van der Waals surface area contributed by atoms with Crippen LogP contribution in [0.25, 0.3) is 98.2 Å².